The maximum Gasteiger partial charge on any atom is 0.160 e. The molecule has 58 heavy (non-hydrogen) atoms. The fourth-order valence-corrected chi connectivity index (χ4v) is 8.97. The Morgan fingerprint density at radius 3 is 1.60 bits per heavy atom. The molecule has 0 aliphatic carbocycles. The second-order valence-electron chi connectivity index (χ2n) is 15.0. The van der Waals surface area contributed by atoms with Gasteiger partial charge in [0.25, 0.3) is 0 Å². The predicted octanol–water partition coefficient (Wildman–Crippen LogP) is 14.0. The number of rotatable bonds is 5. The molecule has 0 saturated heterocycles. The number of benzene rings is 9. The van der Waals surface area contributed by atoms with Gasteiger partial charge >= 0.3 is 0 Å². The molecule has 0 radical (unpaired) electrons. The number of para-hydroxylation sites is 3. The van der Waals surface area contributed by atoms with Gasteiger partial charge in [0, 0.05) is 49.3 Å². The van der Waals surface area contributed by atoms with Crippen molar-refractivity contribution in [1.82, 2.24) is 19.1 Å². The Balaban J connectivity index is 1.06. The van der Waals surface area contributed by atoms with E-state index in [9.17, 15) is 0 Å². The Kier molecular flexibility index (Phi) is 7.20. The molecule has 0 aliphatic rings. The number of hydrogen-bond acceptors (Lipinski definition) is 2. The molecule has 12 rings (SSSR count). The third-order valence-electron chi connectivity index (χ3n) is 11.7. The first-order valence-electron chi connectivity index (χ1n) is 19.7. The summed E-state index contributed by atoms with van der Waals surface area (Å²) in [7, 11) is 0. The molecule has 0 bridgehead atoms. The van der Waals surface area contributed by atoms with Crippen molar-refractivity contribution >= 4 is 65.2 Å². The van der Waals surface area contributed by atoms with Gasteiger partial charge in [-0.2, -0.15) is 0 Å². The van der Waals surface area contributed by atoms with Crippen LogP contribution in [0.3, 0.4) is 0 Å². The maximum absolute atomic E-state index is 5.18. The highest BCUT2D eigenvalue weighted by Crippen LogP contribution is 2.41. The van der Waals surface area contributed by atoms with Crippen LogP contribution in [0.15, 0.2) is 206 Å². The highest BCUT2D eigenvalue weighted by Gasteiger charge is 2.20. The SMILES string of the molecule is c1ccc(-c2nc(-c3ccc4ccccc4c3)cc(-c3ccc4c(-n5c6ccccc6c6cc7c8ccccc8n(-c8ccccc8)c7cc65)cccc4c3)n2)cc1. The minimum Gasteiger partial charge on any atom is -0.309 e. The third kappa shape index (κ3) is 5.09. The fourth-order valence-electron chi connectivity index (χ4n) is 8.97. The van der Waals surface area contributed by atoms with Gasteiger partial charge in [0.05, 0.1) is 39.1 Å². The van der Waals surface area contributed by atoms with E-state index in [2.05, 4.69) is 197 Å². The van der Waals surface area contributed by atoms with E-state index >= 15 is 0 Å². The summed E-state index contributed by atoms with van der Waals surface area (Å²) in [6.07, 6.45) is 0. The van der Waals surface area contributed by atoms with Gasteiger partial charge in [-0.15, -0.1) is 0 Å². The average Bonchev–Trinajstić information content (AvgIpc) is 3.80. The highest BCUT2D eigenvalue weighted by atomic mass is 15.0. The van der Waals surface area contributed by atoms with Crippen molar-refractivity contribution in [2.24, 2.45) is 0 Å². The van der Waals surface area contributed by atoms with Gasteiger partial charge in [-0.05, 0) is 76.8 Å². The summed E-state index contributed by atoms with van der Waals surface area (Å²) in [6, 6.07) is 73.9. The normalized spacial score (nSPS) is 11.8. The van der Waals surface area contributed by atoms with E-state index in [0.29, 0.717) is 5.82 Å². The van der Waals surface area contributed by atoms with Gasteiger partial charge < -0.3 is 9.13 Å². The van der Waals surface area contributed by atoms with Crippen molar-refractivity contribution in [3.05, 3.63) is 206 Å². The molecule has 4 nitrogen and oxygen atoms in total. The molecule has 0 unspecified atom stereocenters. The van der Waals surface area contributed by atoms with E-state index in [1.165, 1.54) is 59.8 Å². The molecule has 270 valence electrons. The molecule has 4 heteroatoms. The monoisotopic (exact) mass is 738 g/mol. The van der Waals surface area contributed by atoms with Crippen molar-refractivity contribution in [3.63, 3.8) is 0 Å². The van der Waals surface area contributed by atoms with Crippen LogP contribution < -0.4 is 0 Å². The zero-order chi connectivity index (χ0) is 38.2. The van der Waals surface area contributed by atoms with Crippen LogP contribution in [-0.2, 0) is 0 Å². The number of fused-ring (bicyclic) bond motifs is 8. The van der Waals surface area contributed by atoms with Crippen LogP contribution >= 0.6 is 0 Å². The topological polar surface area (TPSA) is 35.6 Å². The Morgan fingerprint density at radius 2 is 0.862 bits per heavy atom. The Hall–Kier alpha value is -7.82. The molecule has 0 aliphatic heterocycles. The van der Waals surface area contributed by atoms with Crippen LogP contribution in [-0.4, -0.2) is 19.1 Å². The first-order chi connectivity index (χ1) is 28.7. The summed E-state index contributed by atoms with van der Waals surface area (Å²) in [5, 5.41) is 9.69. The van der Waals surface area contributed by atoms with E-state index in [0.717, 1.165) is 44.8 Å². The van der Waals surface area contributed by atoms with Crippen molar-refractivity contribution < 1.29 is 0 Å². The predicted molar refractivity (Wildman–Crippen MR) is 242 cm³/mol. The molecule has 12 aromatic rings. The van der Waals surface area contributed by atoms with Crippen LogP contribution in [0.2, 0.25) is 0 Å². The summed E-state index contributed by atoms with van der Waals surface area (Å²) in [5.41, 5.74) is 11.9. The molecule has 0 spiro atoms. The van der Waals surface area contributed by atoms with Gasteiger partial charge in [-0.1, -0.05) is 146 Å². The summed E-state index contributed by atoms with van der Waals surface area (Å²) in [6.45, 7) is 0. The Morgan fingerprint density at radius 1 is 0.293 bits per heavy atom. The quantitative estimate of drug-likeness (QED) is 0.176. The second kappa shape index (κ2) is 12.9. The first-order valence-corrected chi connectivity index (χ1v) is 19.7. The van der Waals surface area contributed by atoms with E-state index in [1.807, 2.05) is 18.2 Å². The standard InChI is InChI=1S/C54H34N4/c1-3-15-36(16-4-1)54-55-47(39-27-26-35-14-7-8-17-37(35)30-39)33-48(56-54)40-28-29-42-38(31-40)18-13-25-49(42)58-51-24-12-10-22-44(51)46-32-45-43-21-9-11-23-50(43)57(52(45)34-53(46)58)41-19-5-2-6-20-41/h1-34H. The highest BCUT2D eigenvalue weighted by molar-refractivity contribution is 6.19. The molecule has 0 saturated carbocycles. The lowest BCUT2D eigenvalue weighted by atomic mass is 10.0. The summed E-state index contributed by atoms with van der Waals surface area (Å²) < 4.78 is 4.86. The van der Waals surface area contributed by atoms with Gasteiger partial charge in [0.1, 0.15) is 0 Å². The lowest BCUT2D eigenvalue weighted by Gasteiger charge is -2.14. The van der Waals surface area contributed by atoms with E-state index < -0.39 is 0 Å². The van der Waals surface area contributed by atoms with Crippen LogP contribution in [0.4, 0.5) is 0 Å². The number of nitrogens with zero attached hydrogens (tertiary/aromatic N) is 4. The van der Waals surface area contributed by atoms with Crippen LogP contribution in [0.5, 0.6) is 0 Å². The van der Waals surface area contributed by atoms with Crippen molar-refractivity contribution in [2.45, 2.75) is 0 Å². The van der Waals surface area contributed by atoms with Gasteiger partial charge in [0.15, 0.2) is 5.82 Å². The van der Waals surface area contributed by atoms with Crippen LogP contribution in [0, 0.1) is 0 Å². The summed E-state index contributed by atoms with van der Waals surface area (Å²) >= 11 is 0. The molecule has 0 amide bonds. The summed E-state index contributed by atoms with van der Waals surface area (Å²) in [4.78, 5) is 10.3. The summed E-state index contributed by atoms with van der Waals surface area (Å²) in [5.74, 6) is 0.708. The fraction of sp³-hybridized carbons (Fsp3) is 0. The molecule has 3 aromatic heterocycles. The van der Waals surface area contributed by atoms with Crippen molar-refractivity contribution in [2.75, 3.05) is 0 Å². The van der Waals surface area contributed by atoms with E-state index in [4.69, 9.17) is 9.97 Å². The molecule has 9 aromatic carbocycles. The van der Waals surface area contributed by atoms with Crippen LogP contribution in [0.25, 0.3) is 110 Å². The molecule has 0 N–H and O–H groups in total. The zero-order valence-electron chi connectivity index (χ0n) is 31.4. The smallest absolute Gasteiger partial charge is 0.160 e. The Labute approximate surface area is 334 Å². The van der Waals surface area contributed by atoms with E-state index in [-0.39, 0.29) is 0 Å². The van der Waals surface area contributed by atoms with Gasteiger partial charge in [-0.3, -0.25) is 0 Å². The van der Waals surface area contributed by atoms with Crippen molar-refractivity contribution in [3.8, 4) is 45.3 Å². The largest absolute Gasteiger partial charge is 0.309 e. The minimum atomic E-state index is 0.708. The average molecular weight is 739 g/mol. The molecule has 0 fully saturated rings. The molecule has 3 heterocycles. The van der Waals surface area contributed by atoms with Crippen LogP contribution in [0.1, 0.15) is 0 Å². The third-order valence-corrected chi connectivity index (χ3v) is 11.7. The van der Waals surface area contributed by atoms with Gasteiger partial charge in [-0.25, -0.2) is 9.97 Å². The zero-order valence-corrected chi connectivity index (χ0v) is 31.4. The minimum absolute atomic E-state index is 0.708. The number of aromatic nitrogens is 4. The number of hydrogen-bond donors (Lipinski definition) is 0. The Bertz CT molecular complexity index is 3560. The molecular weight excluding hydrogens is 705 g/mol. The first kappa shape index (κ1) is 32.4. The van der Waals surface area contributed by atoms with E-state index in [1.54, 1.807) is 0 Å². The maximum atomic E-state index is 5.18. The van der Waals surface area contributed by atoms with Gasteiger partial charge in [0.2, 0.25) is 0 Å². The second-order valence-corrected chi connectivity index (χ2v) is 15.0. The lowest BCUT2D eigenvalue weighted by Crippen LogP contribution is -1.98. The lowest BCUT2D eigenvalue weighted by molar-refractivity contribution is 1.17. The molecular formula is C54H34N4. The van der Waals surface area contributed by atoms with Crippen molar-refractivity contribution in [1.29, 1.82) is 0 Å². The molecule has 0 atom stereocenters.